The van der Waals surface area contributed by atoms with Gasteiger partial charge >= 0.3 is 5.97 Å². The van der Waals surface area contributed by atoms with Crippen LogP contribution in [0.2, 0.25) is 0 Å². The number of carbonyl (C=O) groups is 1. The van der Waals surface area contributed by atoms with Crippen LogP contribution in [0.4, 0.5) is 0 Å². The lowest BCUT2D eigenvalue weighted by molar-refractivity contribution is -0.142. The van der Waals surface area contributed by atoms with Gasteiger partial charge in [0, 0.05) is 6.54 Å². The van der Waals surface area contributed by atoms with Crippen molar-refractivity contribution in [3.63, 3.8) is 0 Å². The van der Waals surface area contributed by atoms with E-state index < -0.39 is 0 Å². The molecule has 4 heteroatoms. The second-order valence-electron chi connectivity index (χ2n) is 3.36. The van der Waals surface area contributed by atoms with Gasteiger partial charge in [0.05, 0.1) is 13.4 Å². The van der Waals surface area contributed by atoms with E-state index in [-0.39, 0.29) is 18.1 Å². The van der Waals surface area contributed by atoms with Crippen LogP contribution < -0.4 is 5.32 Å². The topological polar surface area (TPSA) is 47.6 Å². The molecule has 80 valence electrons. The molecule has 0 radical (unpaired) electrons. The van der Waals surface area contributed by atoms with Crippen LogP contribution in [0, 0.1) is 0 Å². The molecule has 0 saturated heterocycles. The summed E-state index contributed by atoms with van der Waals surface area (Å²) in [4.78, 5) is 11.0. The summed E-state index contributed by atoms with van der Waals surface area (Å²) < 4.78 is 9.94. The summed E-state index contributed by atoms with van der Waals surface area (Å²) >= 11 is 0. The number of rotatable bonds is 4. The average molecular weight is 199 g/mol. The molecular weight excluding hydrogens is 182 g/mol. The van der Waals surface area contributed by atoms with Crippen LogP contribution in [0.3, 0.4) is 0 Å². The van der Waals surface area contributed by atoms with Gasteiger partial charge < -0.3 is 14.8 Å². The molecule has 14 heavy (non-hydrogen) atoms. The Balaban J connectivity index is 2.19. The molecule has 2 unspecified atom stereocenters. The van der Waals surface area contributed by atoms with E-state index in [2.05, 4.69) is 10.1 Å². The van der Waals surface area contributed by atoms with Crippen molar-refractivity contribution < 1.29 is 14.3 Å². The largest absolute Gasteiger partial charge is 0.497 e. The summed E-state index contributed by atoms with van der Waals surface area (Å²) in [5.41, 5.74) is 0. The van der Waals surface area contributed by atoms with Gasteiger partial charge in [-0.05, 0) is 25.8 Å². The maximum atomic E-state index is 11.0. The van der Waals surface area contributed by atoms with Crippen molar-refractivity contribution in [3.8, 4) is 0 Å². The molecule has 0 aliphatic carbocycles. The SMILES string of the molecule is COC(=O)C(C)NCC1CCC=CO1. The first-order valence-electron chi connectivity index (χ1n) is 4.85. The minimum Gasteiger partial charge on any atom is -0.497 e. The molecule has 0 fully saturated rings. The van der Waals surface area contributed by atoms with Crippen molar-refractivity contribution >= 4 is 5.97 Å². The van der Waals surface area contributed by atoms with Gasteiger partial charge in [-0.1, -0.05) is 0 Å². The molecule has 0 aromatic heterocycles. The monoisotopic (exact) mass is 199 g/mol. The van der Waals surface area contributed by atoms with E-state index in [4.69, 9.17) is 4.74 Å². The molecule has 1 aliphatic heterocycles. The van der Waals surface area contributed by atoms with Crippen molar-refractivity contribution in [2.45, 2.75) is 31.9 Å². The molecule has 2 atom stereocenters. The molecule has 0 amide bonds. The zero-order valence-corrected chi connectivity index (χ0v) is 8.66. The number of carbonyl (C=O) groups excluding carboxylic acids is 1. The van der Waals surface area contributed by atoms with E-state index in [1.165, 1.54) is 7.11 Å². The minimum atomic E-state index is -0.269. The second kappa shape index (κ2) is 5.65. The van der Waals surface area contributed by atoms with Crippen LogP contribution in [0.15, 0.2) is 12.3 Å². The number of hydrogen-bond donors (Lipinski definition) is 1. The van der Waals surface area contributed by atoms with Gasteiger partial charge in [0.1, 0.15) is 12.1 Å². The van der Waals surface area contributed by atoms with Gasteiger partial charge in [-0.3, -0.25) is 4.79 Å². The average Bonchev–Trinajstić information content (AvgIpc) is 2.26. The molecule has 4 nitrogen and oxygen atoms in total. The fraction of sp³-hybridized carbons (Fsp3) is 0.700. The lowest BCUT2D eigenvalue weighted by atomic mass is 10.1. The van der Waals surface area contributed by atoms with Gasteiger partial charge in [-0.2, -0.15) is 0 Å². The van der Waals surface area contributed by atoms with Crippen LogP contribution in [-0.4, -0.2) is 31.8 Å². The predicted molar refractivity (Wildman–Crippen MR) is 52.7 cm³/mol. The standard InChI is InChI=1S/C10H17NO3/c1-8(10(12)13-2)11-7-9-5-3-4-6-14-9/h4,6,8-9,11H,3,5,7H2,1-2H3. The van der Waals surface area contributed by atoms with Gasteiger partial charge in [0.25, 0.3) is 0 Å². The number of methoxy groups -OCH3 is 1. The first-order chi connectivity index (χ1) is 6.74. The summed E-state index contributed by atoms with van der Waals surface area (Å²) in [5, 5.41) is 3.07. The van der Waals surface area contributed by atoms with E-state index in [9.17, 15) is 4.79 Å². The van der Waals surface area contributed by atoms with E-state index in [0.29, 0.717) is 6.54 Å². The number of ether oxygens (including phenoxy) is 2. The lowest BCUT2D eigenvalue weighted by Crippen LogP contribution is -2.40. The van der Waals surface area contributed by atoms with Crippen LogP contribution in [0.25, 0.3) is 0 Å². The molecule has 0 saturated carbocycles. The Kier molecular flexibility index (Phi) is 4.46. The van der Waals surface area contributed by atoms with Crippen LogP contribution in [0.1, 0.15) is 19.8 Å². The third-order valence-electron chi connectivity index (χ3n) is 2.23. The van der Waals surface area contributed by atoms with E-state index in [1.807, 2.05) is 6.08 Å². The van der Waals surface area contributed by atoms with Gasteiger partial charge in [0.15, 0.2) is 0 Å². The molecule has 1 aliphatic rings. The normalized spacial score (nSPS) is 22.6. The molecule has 1 rings (SSSR count). The Labute approximate surface area is 84.3 Å². The smallest absolute Gasteiger partial charge is 0.322 e. The maximum Gasteiger partial charge on any atom is 0.322 e. The number of esters is 1. The van der Waals surface area contributed by atoms with E-state index in [1.54, 1.807) is 13.2 Å². The van der Waals surface area contributed by atoms with Gasteiger partial charge in [-0.15, -0.1) is 0 Å². The van der Waals surface area contributed by atoms with E-state index in [0.717, 1.165) is 12.8 Å². The van der Waals surface area contributed by atoms with Crippen LogP contribution >= 0.6 is 0 Å². The fourth-order valence-corrected chi connectivity index (χ4v) is 1.30. The van der Waals surface area contributed by atoms with Crippen molar-refractivity contribution in [2.75, 3.05) is 13.7 Å². The van der Waals surface area contributed by atoms with Crippen molar-refractivity contribution in [1.82, 2.24) is 5.32 Å². The van der Waals surface area contributed by atoms with Crippen molar-refractivity contribution in [3.05, 3.63) is 12.3 Å². The van der Waals surface area contributed by atoms with Crippen LogP contribution in [0.5, 0.6) is 0 Å². The predicted octanol–water partition coefficient (Wildman–Crippen LogP) is 0.830. The van der Waals surface area contributed by atoms with E-state index >= 15 is 0 Å². The van der Waals surface area contributed by atoms with Crippen LogP contribution in [-0.2, 0) is 14.3 Å². The van der Waals surface area contributed by atoms with Crippen molar-refractivity contribution in [2.24, 2.45) is 0 Å². The maximum absolute atomic E-state index is 11.0. The number of hydrogen-bond acceptors (Lipinski definition) is 4. The molecule has 0 spiro atoms. The minimum absolute atomic E-state index is 0.173. The Morgan fingerprint density at radius 2 is 2.57 bits per heavy atom. The highest BCUT2D eigenvalue weighted by molar-refractivity contribution is 5.75. The highest BCUT2D eigenvalue weighted by Crippen LogP contribution is 2.09. The first kappa shape index (κ1) is 11.0. The Morgan fingerprint density at radius 3 is 3.14 bits per heavy atom. The summed E-state index contributed by atoms with van der Waals surface area (Å²) in [7, 11) is 1.39. The Morgan fingerprint density at radius 1 is 1.79 bits per heavy atom. The zero-order chi connectivity index (χ0) is 10.4. The zero-order valence-electron chi connectivity index (χ0n) is 8.66. The second-order valence-corrected chi connectivity index (χ2v) is 3.36. The number of nitrogens with one attached hydrogen (secondary N) is 1. The quantitative estimate of drug-likeness (QED) is 0.681. The molecule has 1 heterocycles. The summed E-state index contributed by atoms with van der Waals surface area (Å²) in [6.07, 6.45) is 5.93. The molecular formula is C10H17NO3. The van der Waals surface area contributed by atoms with Crippen molar-refractivity contribution in [1.29, 1.82) is 0 Å². The molecule has 1 N–H and O–H groups in total. The molecule has 0 bridgehead atoms. The van der Waals surface area contributed by atoms with Gasteiger partial charge in [0.2, 0.25) is 0 Å². The third kappa shape index (κ3) is 3.38. The lowest BCUT2D eigenvalue weighted by Gasteiger charge is -2.21. The molecule has 0 aromatic rings. The molecule has 0 aromatic carbocycles. The third-order valence-corrected chi connectivity index (χ3v) is 2.23. The number of allylic oxidation sites excluding steroid dienone is 1. The fourth-order valence-electron chi connectivity index (χ4n) is 1.30. The Hall–Kier alpha value is -1.03. The first-order valence-corrected chi connectivity index (χ1v) is 4.85. The summed E-state index contributed by atoms with van der Waals surface area (Å²) in [6.45, 7) is 2.46. The highest BCUT2D eigenvalue weighted by atomic mass is 16.5. The summed E-state index contributed by atoms with van der Waals surface area (Å²) in [6, 6.07) is -0.269. The van der Waals surface area contributed by atoms with Gasteiger partial charge in [-0.25, -0.2) is 0 Å². The summed E-state index contributed by atoms with van der Waals surface area (Å²) in [5.74, 6) is -0.239. The highest BCUT2D eigenvalue weighted by Gasteiger charge is 2.16. The Bertz CT molecular complexity index is 215.